The van der Waals surface area contributed by atoms with Crippen molar-refractivity contribution in [1.82, 2.24) is 19.9 Å². The summed E-state index contributed by atoms with van der Waals surface area (Å²) in [7, 11) is 0. The molecule has 6 nitrogen and oxygen atoms in total. The first-order chi connectivity index (χ1) is 13.4. The van der Waals surface area contributed by atoms with Crippen LogP contribution in [-0.2, 0) is 0 Å². The van der Waals surface area contributed by atoms with Gasteiger partial charge in [-0.15, -0.1) is 0 Å². The zero-order valence-corrected chi connectivity index (χ0v) is 15.7. The quantitative estimate of drug-likeness (QED) is 0.697. The molecule has 0 aromatic carbocycles. The van der Waals surface area contributed by atoms with Crippen LogP contribution < -0.4 is 5.32 Å². The van der Waals surface area contributed by atoms with Crippen molar-refractivity contribution in [3.8, 4) is 6.07 Å². The van der Waals surface area contributed by atoms with Gasteiger partial charge in [-0.05, 0) is 31.9 Å². The Labute approximate surface area is 161 Å². The molecule has 0 spiro atoms. The van der Waals surface area contributed by atoms with Gasteiger partial charge in [0, 0.05) is 49.1 Å². The summed E-state index contributed by atoms with van der Waals surface area (Å²) in [5.41, 5.74) is 2.66. The van der Waals surface area contributed by atoms with E-state index in [-0.39, 0.29) is 12.5 Å². The summed E-state index contributed by atoms with van der Waals surface area (Å²) >= 11 is 0. The molecule has 1 aliphatic rings. The highest BCUT2D eigenvalue weighted by Crippen LogP contribution is 2.33. The molecule has 0 radical (unpaired) electrons. The summed E-state index contributed by atoms with van der Waals surface area (Å²) in [6.45, 7) is 2.89. The van der Waals surface area contributed by atoms with Gasteiger partial charge in [-0.1, -0.05) is 0 Å². The van der Waals surface area contributed by atoms with Gasteiger partial charge in [0.2, 0.25) is 5.92 Å². The van der Waals surface area contributed by atoms with Gasteiger partial charge in [-0.2, -0.15) is 5.26 Å². The molecule has 146 valence electrons. The molecule has 3 aromatic rings. The molecule has 0 atom stereocenters. The maximum atomic E-state index is 13.1. The summed E-state index contributed by atoms with van der Waals surface area (Å²) in [6, 6.07) is 6.18. The number of hydrogen-bond acceptors (Lipinski definition) is 5. The van der Waals surface area contributed by atoms with E-state index >= 15 is 0 Å². The van der Waals surface area contributed by atoms with Crippen LogP contribution in [0.2, 0.25) is 0 Å². The molecule has 0 bridgehead atoms. The number of aromatic nitrogens is 3. The van der Waals surface area contributed by atoms with Gasteiger partial charge in [-0.3, -0.25) is 0 Å². The SMILES string of the molecule is CC(F)(F)CCN1CCC(Nc2c(C#N)ncc3[nH]c4ncccc4c23)CC1. The largest absolute Gasteiger partial charge is 0.379 e. The molecule has 3 aromatic heterocycles. The summed E-state index contributed by atoms with van der Waals surface area (Å²) in [5.74, 6) is -2.62. The van der Waals surface area contributed by atoms with E-state index in [2.05, 4.69) is 31.2 Å². The topological polar surface area (TPSA) is 80.6 Å². The van der Waals surface area contributed by atoms with Crippen LogP contribution in [0.3, 0.4) is 0 Å². The number of nitrogens with zero attached hydrogens (tertiary/aromatic N) is 4. The molecule has 0 amide bonds. The van der Waals surface area contributed by atoms with Gasteiger partial charge in [0.25, 0.3) is 0 Å². The Hall–Kier alpha value is -2.79. The Bertz CT molecular complexity index is 1020. The van der Waals surface area contributed by atoms with E-state index in [9.17, 15) is 14.0 Å². The molecule has 1 saturated heterocycles. The first kappa shape index (κ1) is 18.6. The third kappa shape index (κ3) is 3.76. The molecule has 0 aliphatic carbocycles. The lowest BCUT2D eigenvalue weighted by molar-refractivity contribution is 0.00147. The average Bonchev–Trinajstić information content (AvgIpc) is 3.06. The Balaban J connectivity index is 1.55. The number of hydrogen-bond donors (Lipinski definition) is 2. The zero-order chi connectivity index (χ0) is 19.7. The lowest BCUT2D eigenvalue weighted by Gasteiger charge is -2.33. The Morgan fingerprint density at radius 1 is 1.36 bits per heavy atom. The van der Waals surface area contributed by atoms with Crippen molar-refractivity contribution in [2.45, 2.75) is 38.2 Å². The average molecular weight is 384 g/mol. The van der Waals surface area contributed by atoms with Crippen molar-refractivity contribution in [3.05, 3.63) is 30.2 Å². The Morgan fingerprint density at radius 2 is 2.14 bits per heavy atom. The molecule has 4 heterocycles. The van der Waals surface area contributed by atoms with Crippen LogP contribution in [0.1, 0.15) is 31.9 Å². The van der Waals surface area contributed by atoms with Gasteiger partial charge in [0.1, 0.15) is 11.7 Å². The van der Waals surface area contributed by atoms with Gasteiger partial charge in [0.05, 0.1) is 17.4 Å². The van der Waals surface area contributed by atoms with E-state index in [1.807, 2.05) is 12.1 Å². The minimum atomic E-state index is -2.62. The van der Waals surface area contributed by atoms with Crippen molar-refractivity contribution in [3.63, 3.8) is 0 Å². The first-order valence-electron chi connectivity index (χ1n) is 9.47. The van der Waals surface area contributed by atoms with Crippen LogP contribution >= 0.6 is 0 Å². The fraction of sp³-hybridized carbons (Fsp3) is 0.450. The van der Waals surface area contributed by atoms with Crippen LogP contribution in [0, 0.1) is 11.3 Å². The highest BCUT2D eigenvalue weighted by atomic mass is 19.3. The van der Waals surface area contributed by atoms with Gasteiger partial charge >= 0.3 is 0 Å². The fourth-order valence-corrected chi connectivity index (χ4v) is 3.80. The number of pyridine rings is 2. The number of piperidine rings is 1. The second-order valence-electron chi connectivity index (χ2n) is 7.49. The van der Waals surface area contributed by atoms with E-state index in [0.29, 0.717) is 12.2 Å². The zero-order valence-electron chi connectivity index (χ0n) is 15.7. The number of likely N-dealkylation sites (tertiary alicyclic amines) is 1. The number of nitriles is 1. The maximum absolute atomic E-state index is 13.1. The standard InChI is InChI=1S/C20H22F2N6/c1-20(21,22)6-10-28-8-4-13(5-9-28)26-18-15(11-23)25-12-16-17(18)14-3-2-7-24-19(14)27-16/h2-3,7,12-13,26H,4-6,8-10H2,1H3,(H,24,27). The minimum absolute atomic E-state index is 0.116. The summed E-state index contributed by atoms with van der Waals surface area (Å²) in [6.07, 6.45) is 4.93. The highest BCUT2D eigenvalue weighted by Gasteiger charge is 2.26. The Kier molecular flexibility index (Phi) is 4.85. The van der Waals surface area contributed by atoms with Crippen molar-refractivity contribution >= 4 is 27.6 Å². The lowest BCUT2D eigenvalue weighted by Crippen LogP contribution is -2.40. The second kappa shape index (κ2) is 7.32. The van der Waals surface area contributed by atoms with Crippen LogP contribution in [0.4, 0.5) is 14.5 Å². The van der Waals surface area contributed by atoms with Gasteiger partial charge in [0.15, 0.2) is 5.69 Å². The number of alkyl halides is 2. The van der Waals surface area contributed by atoms with Crippen LogP contribution in [0.25, 0.3) is 21.9 Å². The predicted octanol–water partition coefficient (Wildman–Crippen LogP) is 3.90. The smallest absolute Gasteiger partial charge is 0.246 e. The van der Waals surface area contributed by atoms with Crippen molar-refractivity contribution in [1.29, 1.82) is 5.26 Å². The van der Waals surface area contributed by atoms with Crippen LogP contribution in [0.15, 0.2) is 24.5 Å². The third-order valence-electron chi connectivity index (χ3n) is 5.32. The molecular weight excluding hydrogens is 362 g/mol. The van der Waals surface area contributed by atoms with Gasteiger partial charge < -0.3 is 15.2 Å². The minimum Gasteiger partial charge on any atom is -0.379 e. The number of H-pyrrole nitrogens is 1. The number of rotatable bonds is 5. The van der Waals surface area contributed by atoms with E-state index in [1.54, 1.807) is 12.4 Å². The van der Waals surface area contributed by atoms with Crippen LogP contribution in [0.5, 0.6) is 0 Å². The number of aromatic amines is 1. The van der Waals surface area contributed by atoms with Crippen LogP contribution in [-0.4, -0.2) is 51.5 Å². The molecule has 4 rings (SSSR count). The van der Waals surface area contributed by atoms with Gasteiger partial charge in [-0.25, -0.2) is 18.7 Å². The van der Waals surface area contributed by atoms with Crippen molar-refractivity contribution in [2.75, 3.05) is 25.0 Å². The molecule has 1 aliphatic heterocycles. The normalized spacial score (nSPS) is 16.5. The summed E-state index contributed by atoms with van der Waals surface area (Å²) in [4.78, 5) is 14.0. The monoisotopic (exact) mass is 384 g/mol. The molecule has 0 saturated carbocycles. The number of nitrogens with one attached hydrogen (secondary N) is 2. The van der Waals surface area contributed by atoms with E-state index in [4.69, 9.17) is 0 Å². The van der Waals surface area contributed by atoms with Crippen molar-refractivity contribution in [2.24, 2.45) is 0 Å². The molecule has 8 heteroatoms. The van der Waals surface area contributed by atoms with Crippen molar-refractivity contribution < 1.29 is 8.78 Å². The van der Waals surface area contributed by atoms with E-state index < -0.39 is 5.92 Å². The van der Waals surface area contributed by atoms with E-state index in [0.717, 1.165) is 60.5 Å². The number of halogens is 2. The molecule has 28 heavy (non-hydrogen) atoms. The fourth-order valence-electron chi connectivity index (χ4n) is 3.80. The summed E-state index contributed by atoms with van der Waals surface area (Å²) in [5, 5.41) is 14.9. The maximum Gasteiger partial charge on any atom is 0.246 e. The molecule has 1 fully saturated rings. The first-order valence-corrected chi connectivity index (χ1v) is 9.47. The molecule has 0 unspecified atom stereocenters. The summed E-state index contributed by atoms with van der Waals surface area (Å²) < 4.78 is 26.2. The Morgan fingerprint density at radius 3 is 2.86 bits per heavy atom. The number of anilines is 1. The highest BCUT2D eigenvalue weighted by molar-refractivity contribution is 6.12. The van der Waals surface area contributed by atoms with E-state index in [1.165, 1.54) is 0 Å². The molecular formula is C20H22F2N6. The molecule has 2 N–H and O–H groups in total. The lowest BCUT2D eigenvalue weighted by atomic mass is 10.0. The number of fused-ring (bicyclic) bond motifs is 3. The predicted molar refractivity (Wildman–Crippen MR) is 104 cm³/mol. The second-order valence-corrected chi connectivity index (χ2v) is 7.49. The third-order valence-corrected chi connectivity index (χ3v) is 5.32.